The second kappa shape index (κ2) is 7.79. The fourth-order valence-electron chi connectivity index (χ4n) is 2.01. The molecular weight excluding hydrogens is 242 g/mol. The standard InChI is InChI=1S/C15H23NO3/c1-11-12(2)14(19-3)7-6-13(11)8-9-16-15(18)5-4-10-17/h6-7,17H,4-5,8-10H2,1-3H3,(H,16,18). The van der Waals surface area contributed by atoms with Crippen LogP contribution in [0.2, 0.25) is 0 Å². The summed E-state index contributed by atoms with van der Waals surface area (Å²) in [5.41, 5.74) is 3.58. The van der Waals surface area contributed by atoms with Gasteiger partial charge in [-0.25, -0.2) is 0 Å². The van der Waals surface area contributed by atoms with Crippen molar-refractivity contribution in [2.45, 2.75) is 33.1 Å². The highest BCUT2D eigenvalue weighted by Crippen LogP contribution is 2.23. The highest BCUT2D eigenvalue weighted by molar-refractivity contribution is 5.75. The monoisotopic (exact) mass is 265 g/mol. The molecule has 1 rings (SSSR count). The van der Waals surface area contributed by atoms with Crippen molar-refractivity contribution in [3.05, 3.63) is 28.8 Å². The summed E-state index contributed by atoms with van der Waals surface area (Å²) in [6, 6.07) is 4.01. The molecular formula is C15H23NO3. The van der Waals surface area contributed by atoms with E-state index in [9.17, 15) is 4.79 Å². The Hall–Kier alpha value is -1.55. The lowest BCUT2D eigenvalue weighted by Gasteiger charge is -2.13. The molecule has 0 radical (unpaired) electrons. The van der Waals surface area contributed by atoms with E-state index < -0.39 is 0 Å². The molecule has 0 bridgehead atoms. The van der Waals surface area contributed by atoms with Gasteiger partial charge in [-0.15, -0.1) is 0 Å². The van der Waals surface area contributed by atoms with E-state index in [1.54, 1.807) is 7.11 Å². The first-order valence-corrected chi connectivity index (χ1v) is 6.60. The van der Waals surface area contributed by atoms with Crippen LogP contribution < -0.4 is 10.1 Å². The Labute approximate surface area is 114 Å². The molecule has 0 aromatic heterocycles. The Morgan fingerprint density at radius 3 is 2.68 bits per heavy atom. The number of aliphatic hydroxyl groups excluding tert-OH is 1. The number of ether oxygens (including phenoxy) is 1. The van der Waals surface area contributed by atoms with Gasteiger partial charge in [0.2, 0.25) is 5.91 Å². The molecule has 0 aliphatic rings. The Morgan fingerprint density at radius 1 is 1.32 bits per heavy atom. The van der Waals surface area contributed by atoms with Crippen LogP contribution in [0.1, 0.15) is 29.5 Å². The van der Waals surface area contributed by atoms with Crippen LogP contribution in [-0.2, 0) is 11.2 Å². The molecule has 0 heterocycles. The number of benzene rings is 1. The van der Waals surface area contributed by atoms with Crippen molar-refractivity contribution in [3.63, 3.8) is 0 Å². The molecule has 0 saturated heterocycles. The number of nitrogens with one attached hydrogen (secondary N) is 1. The van der Waals surface area contributed by atoms with Crippen molar-refractivity contribution in [1.29, 1.82) is 0 Å². The Morgan fingerprint density at radius 2 is 2.05 bits per heavy atom. The number of rotatable bonds is 7. The number of amides is 1. The van der Waals surface area contributed by atoms with Gasteiger partial charge in [-0.2, -0.15) is 0 Å². The third-order valence-corrected chi connectivity index (χ3v) is 3.35. The molecule has 19 heavy (non-hydrogen) atoms. The molecule has 0 fully saturated rings. The summed E-state index contributed by atoms with van der Waals surface area (Å²) in [5, 5.41) is 11.5. The van der Waals surface area contributed by atoms with Gasteiger partial charge in [-0.3, -0.25) is 4.79 Å². The van der Waals surface area contributed by atoms with Crippen molar-refractivity contribution in [2.75, 3.05) is 20.3 Å². The van der Waals surface area contributed by atoms with E-state index >= 15 is 0 Å². The van der Waals surface area contributed by atoms with Crippen LogP contribution in [0.25, 0.3) is 0 Å². The third-order valence-electron chi connectivity index (χ3n) is 3.35. The summed E-state index contributed by atoms with van der Waals surface area (Å²) in [7, 11) is 1.67. The maximum atomic E-state index is 11.4. The molecule has 0 atom stereocenters. The van der Waals surface area contributed by atoms with E-state index in [-0.39, 0.29) is 12.5 Å². The molecule has 4 heteroatoms. The van der Waals surface area contributed by atoms with Gasteiger partial charge < -0.3 is 15.2 Å². The molecule has 106 valence electrons. The van der Waals surface area contributed by atoms with Crippen molar-refractivity contribution < 1.29 is 14.6 Å². The van der Waals surface area contributed by atoms with Crippen molar-refractivity contribution in [2.24, 2.45) is 0 Å². The maximum Gasteiger partial charge on any atom is 0.220 e. The lowest BCUT2D eigenvalue weighted by molar-refractivity contribution is -0.121. The molecule has 1 aromatic rings. The first kappa shape index (κ1) is 15.5. The molecule has 0 aliphatic carbocycles. The molecule has 0 aliphatic heterocycles. The van der Waals surface area contributed by atoms with Crippen molar-refractivity contribution in [1.82, 2.24) is 5.32 Å². The molecule has 1 amide bonds. The van der Waals surface area contributed by atoms with E-state index in [0.29, 0.717) is 19.4 Å². The van der Waals surface area contributed by atoms with Crippen LogP contribution in [0.4, 0.5) is 0 Å². The fraction of sp³-hybridized carbons (Fsp3) is 0.533. The lowest BCUT2D eigenvalue weighted by Crippen LogP contribution is -2.25. The lowest BCUT2D eigenvalue weighted by atomic mass is 10.00. The smallest absolute Gasteiger partial charge is 0.220 e. The topological polar surface area (TPSA) is 58.6 Å². The normalized spacial score (nSPS) is 10.3. The van der Waals surface area contributed by atoms with Gasteiger partial charge in [0.15, 0.2) is 0 Å². The van der Waals surface area contributed by atoms with Crippen LogP contribution in [0.3, 0.4) is 0 Å². The van der Waals surface area contributed by atoms with Gasteiger partial charge in [0.25, 0.3) is 0 Å². The Kier molecular flexibility index (Phi) is 6.36. The predicted octanol–water partition coefficient (Wildman–Crippen LogP) is 1.74. The first-order chi connectivity index (χ1) is 9.10. The molecule has 1 aromatic carbocycles. The van der Waals surface area contributed by atoms with E-state index in [0.717, 1.165) is 17.7 Å². The van der Waals surface area contributed by atoms with Crippen LogP contribution in [0.15, 0.2) is 12.1 Å². The SMILES string of the molecule is COc1ccc(CCNC(=O)CCCO)c(C)c1C. The van der Waals surface area contributed by atoms with Gasteiger partial charge >= 0.3 is 0 Å². The summed E-state index contributed by atoms with van der Waals surface area (Å²) in [6.07, 6.45) is 1.71. The van der Waals surface area contributed by atoms with Gasteiger partial charge in [0.1, 0.15) is 5.75 Å². The number of carbonyl (C=O) groups is 1. The number of methoxy groups -OCH3 is 1. The van der Waals surface area contributed by atoms with Crippen LogP contribution in [0, 0.1) is 13.8 Å². The highest BCUT2D eigenvalue weighted by Gasteiger charge is 2.07. The minimum absolute atomic E-state index is 0.00284. The maximum absolute atomic E-state index is 11.4. The largest absolute Gasteiger partial charge is 0.496 e. The zero-order chi connectivity index (χ0) is 14.3. The zero-order valence-electron chi connectivity index (χ0n) is 12.0. The van der Waals surface area contributed by atoms with Crippen molar-refractivity contribution in [3.8, 4) is 5.75 Å². The number of carbonyl (C=O) groups excluding carboxylic acids is 1. The van der Waals surface area contributed by atoms with Gasteiger partial charge in [-0.1, -0.05) is 6.07 Å². The van der Waals surface area contributed by atoms with Gasteiger partial charge in [0.05, 0.1) is 7.11 Å². The second-order valence-corrected chi connectivity index (χ2v) is 4.60. The Balaban J connectivity index is 2.50. The quantitative estimate of drug-likeness (QED) is 0.789. The van der Waals surface area contributed by atoms with E-state index in [2.05, 4.69) is 12.2 Å². The van der Waals surface area contributed by atoms with Crippen LogP contribution in [0.5, 0.6) is 5.75 Å². The molecule has 2 N–H and O–H groups in total. The minimum atomic E-state index is -0.00284. The summed E-state index contributed by atoms with van der Waals surface area (Å²) in [5.74, 6) is 0.894. The zero-order valence-corrected chi connectivity index (χ0v) is 12.0. The van der Waals surface area contributed by atoms with Gasteiger partial charge in [-0.05, 0) is 49.4 Å². The average Bonchev–Trinajstić information content (AvgIpc) is 2.41. The first-order valence-electron chi connectivity index (χ1n) is 6.60. The summed E-state index contributed by atoms with van der Waals surface area (Å²) >= 11 is 0. The minimum Gasteiger partial charge on any atom is -0.496 e. The Bertz CT molecular complexity index is 430. The predicted molar refractivity (Wildman–Crippen MR) is 75.5 cm³/mol. The molecule has 0 saturated carbocycles. The molecule has 4 nitrogen and oxygen atoms in total. The van der Waals surface area contributed by atoms with Crippen LogP contribution in [-0.4, -0.2) is 31.3 Å². The number of hydrogen-bond donors (Lipinski definition) is 2. The summed E-state index contributed by atoms with van der Waals surface area (Å²) < 4.78 is 5.27. The second-order valence-electron chi connectivity index (χ2n) is 4.60. The summed E-state index contributed by atoms with van der Waals surface area (Å²) in [4.78, 5) is 11.4. The number of aliphatic hydroxyl groups is 1. The van der Waals surface area contributed by atoms with E-state index in [1.165, 1.54) is 11.1 Å². The van der Waals surface area contributed by atoms with E-state index in [1.807, 2.05) is 19.1 Å². The van der Waals surface area contributed by atoms with Gasteiger partial charge in [0, 0.05) is 19.6 Å². The van der Waals surface area contributed by atoms with E-state index in [4.69, 9.17) is 9.84 Å². The molecule has 0 unspecified atom stereocenters. The fourth-order valence-corrected chi connectivity index (χ4v) is 2.01. The summed E-state index contributed by atoms with van der Waals surface area (Å²) in [6.45, 7) is 4.79. The highest BCUT2D eigenvalue weighted by atomic mass is 16.5. The third kappa shape index (κ3) is 4.56. The molecule has 0 spiro atoms. The van der Waals surface area contributed by atoms with Crippen LogP contribution >= 0.6 is 0 Å². The average molecular weight is 265 g/mol. The number of hydrogen-bond acceptors (Lipinski definition) is 3. The van der Waals surface area contributed by atoms with Crippen molar-refractivity contribution >= 4 is 5.91 Å².